The monoisotopic (exact) mass is 375 g/mol. The molecule has 0 unspecified atom stereocenters. The van der Waals surface area contributed by atoms with Crippen molar-refractivity contribution in [2.75, 3.05) is 19.5 Å². The minimum Gasteiger partial charge on any atom is -0.495 e. The number of carbonyl (C=O) groups is 1. The topological polar surface area (TPSA) is 90.6 Å². The Kier molecular flexibility index (Phi) is 4.94. The van der Waals surface area contributed by atoms with Crippen molar-refractivity contribution in [2.24, 2.45) is 0 Å². The summed E-state index contributed by atoms with van der Waals surface area (Å²) in [5.41, 5.74) is 2.19. The van der Waals surface area contributed by atoms with Crippen LogP contribution in [0.2, 0.25) is 5.02 Å². The Bertz CT molecular complexity index is 986. The molecule has 0 radical (unpaired) electrons. The highest BCUT2D eigenvalue weighted by atomic mass is 35.5. The maximum Gasteiger partial charge on any atom is 0.252 e. The summed E-state index contributed by atoms with van der Waals surface area (Å²) in [5, 5.41) is 7.49. The molecule has 1 aromatic carbocycles. The molecule has 3 rings (SSSR count). The predicted molar refractivity (Wildman–Crippen MR) is 97.1 cm³/mol. The first-order valence-corrected chi connectivity index (χ1v) is 8.20. The Morgan fingerprint density at radius 2 is 1.88 bits per heavy atom. The number of amides is 1. The third-order valence-electron chi connectivity index (χ3n) is 3.73. The van der Waals surface area contributed by atoms with Crippen LogP contribution in [-0.2, 0) is 11.2 Å². The molecule has 0 aliphatic rings. The molecule has 0 saturated carbocycles. The van der Waals surface area contributed by atoms with Crippen molar-refractivity contribution >= 4 is 29.0 Å². The average Bonchev–Trinajstić information content (AvgIpc) is 2.98. The first kappa shape index (κ1) is 17.9. The number of rotatable bonds is 5. The highest BCUT2D eigenvalue weighted by Crippen LogP contribution is 2.35. The molecule has 9 heteroatoms. The van der Waals surface area contributed by atoms with Gasteiger partial charge in [0.25, 0.3) is 5.78 Å². The number of hydrogen-bond acceptors (Lipinski definition) is 6. The quantitative estimate of drug-likeness (QED) is 0.737. The third-order valence-corrected chi connectivity index (χ3v) is 4.02. The fourth-order valence-electron chi connectivity index (χ4n) is 2.58. The Morgan fingerprint density at radius 1 is 1.15 bits per heavy atom. The smallest absolute Gasteiger partial charge is 0.252 e. The summed E-state index contributed by atoms with van der Waals surface area (Å²) in [5.74, 6) is 1.42. The van der Waals surface area contributed by atoms with Gasteiger partial charge in [-0.2, -0.15) is 4.98 Å². The first-order chi connectivity index (χ1) is 12.4. The van der Waals surface area contributed by atoms with Gasteiger partial charge in [-0.25, -0.2) is 9.50 Å². The van der Waals surface area contributed by atoms with E-state index in [9.17, 15) is 4.79 Å². The second kappa shape index (κ2) is 7.17. The molecule has 0 fully saturated rings. The van der Waals surface area contributed by atoms with Crippen LogP contribution in [-0.4, -0.2) is 39.7 Å². The van der Waals surface area contributed by atoms with E-state index in [0.717, 1.165) is 11.4 Å². The number of hydrogen-bond donors (Lipinski definition) is 1. The zero-order valence-corrected chi connectivity index (χ0v) is 15.6. The zero-order valence-electron chi connectivity index (χ0n) is 14.8. The van der Waals surface area contributed by atoms with Gasteiger partial charge in [-0.1, -0.05) is 11.6 Å². The first-order valence-electron chi connectivity index (χ1n) is 7.82. The van der Waals surface area contributed by atoms with Gasteiger partial charge < -0.3 is 14.8 Å². The van der Waals surface area contributed by atoms with Crippen LogP contribution in [0.15, 0.2) is 18.2 Å². The van der Waals surface area contributed by atoms with Crippen LogP contribution in [0.25, 0.3) is 5.78 Å². The Morgan fingerprint density at radius 3 is 2.58 bits per heavy atom. The van der Waals surface area contributed by atoms with Crippen LogP contribution in [0.1, 0.15) is 17.2 Å². The number of aromatic nitrogens is 4. The van der Waals surface area contributed by atoms with Crippen LogP contribution < -0.4 is 14.8 Å². The largest absolute Gasteiger partial charge is 0.495 e. The fraction of sp³-hybridized carbons (Fsp3) is 0.294. The Balaban J connectivity index is 1.82. The van der Waals surface area contributed by atoms with Crippen molar-refractivity contribution in [3.63, 3.8) is 0 Å². The molecule has 0 saturated heterocycles. The minimum atomic E-state index is -0.294. The normalized spacial score (nSPS) is 10.8. The summed E-state index contributed by atoms with van der Waals surface area (Å²) in [7, 11) is 2.99. The molecule has 0 spiro atoms. The molecule has 0 aliphatic carbocycles. The lowest BCUT2D eigenvalue weighted by Crippen LogP contribution is -2.16. The van der Waals surface area contributed by atoms with Crippen molar-refractivity contribution in [1.82, 2.24) is 19.6 Å². The molecular formula is C17H18ClN5O3. The van der Waals surface area contributed by atoms with Gasteiger partial charge in [0.05, 0.1) is 31.4 Å². The summed E-state index contributed by atoms with van der Waals surface area (Å²) in [4.78, 5) is 21.0. The Hall–Kier alpha value is -2.87. The lowest BCUT2D eigenvalue weighted by molar-refractivity contribution is -0.115. The number of methoxy groups -OCH3 is 2. The van der Waals surface area contributed by atoms with Gasteiger partial charge in [-0.3, -0.25) is 4.79 Å². The van der Waals surface area contributed by atoms with Crippen molar-refractivity contribution in [1.29, 1.82) is 0 Å². The number of aryl methyl sites for hydroxylation is 2. The molecule has 8 nitrogen and oxygen atoms in total. The van der Waals surface area contributed by atoms with E-state index in [2.05, 4.69) is 20.4 Å². The van der Waals surface area contributed by atoms with Crippen LogP contribution in [0.5, 0.6) is 11.5 Å². The molecule has 1 amide bonds. The van der Waals surface area contributed by atoms with Gasteiger partial charge in [0, 0.05) is 23.5 Å². The number of nitrogens with zero attached hydrogens (tertiary/aromatic N) is 4. The SMILES string of the molecule is COc1cc(NC(=O)Cc2nc3nc(C)cc(C)n3n2)c(OC)cc1Cl. The molecule has 26 heavy (non-hydrogen) atoms. The number of anilines is 1. The molecular weight excluding hydrogens is 358 g/mol. The van der Waals surface area contributed by atoms with Gasteiger partial charge in [0.15, 0.2) is 5.82 Å². The number of ether oxygens (including phenoxy) is 2. The summed E-state index contributed by atoms with van der Waals surface area (Å²) in [6.07, 6.45) is -0.00402. The summed E-state index contributed by atoms with van der Waals surface area (Å²) < 4.78 is 12.0. The van der Waals surface area contributed by atoms with E-state index in [-0.39, 0.29) is 12.3 Å². The highest BCUT2D eigenvalue weighted by Gasteiger charge is 2.15. The van der Waals surface area contributed by atoms with Crippen LogP contribution in [0.3, 0.4) is 0 Å². The molecule has 2 heterocycles. The van der Waals surface area contributed by atoms with E-state index in [1.807, 2.05) is 19.9 Å². The molecule has 0 aliphatic heterocycles. The summed E-state index contributed by atoms with van der Waals surface area (Å²) >= 11 is 6.07. The van der Waals surface area contributed by atoms with Crippen LogP contribution in [0.4, 0.5) is 5.69 Å². The van der Waals surface area contributed by atoms with Crippen molar-refractivity contribution < 1.29 is 14.3 Å². The van der Waals surface area contributed by atoms with Crippen molar-refractivity contribution in [3.8, 4) is 11.5 Å². The van der Waals surface area contributed by atoms with Crippen molar-refractivity contribution in [3.05, 3.63) is 40.4 Å². The lowest BCUT2D eigenvalue weighted by Gasteiger charge is -2.12. The molecule has 0 atom stereocenters. The van der Waals surface area contributed by atoms with Crippen LogP contribution >= 0.6 is 11.6 Å². The predicted octanol–water partition coefficient (Wildman–Crippen LogP) is 2.59. The van der Waals surface area contributed by atoms with E-state index in [0.29, 0.717) is 33.8 Å². The number of fused-ring (bicyclic) bond motifs is 1. The fourth-order valence-corrected chi connectivity index (χ4v) is 2.81. The molecule has 3 aromatic rings. The van der Waals surface area contributed by atoms with Gasteiger partial charge in [0.1, 0.15) is 11.5 Å². The van der Waals surface area contributed by atoms with Crippen LogP contribution in [0, 0.1) is 13.8 Å². The Labute approximate surface area is 155 Å². The van der Waals surface area contributed by atoms with Crippen molar-refractivity contribution in [2.45, 2.75) is 20.3 Å². The van der Waals surface area contributed by atoms with Gasteiger partial charge >= 0.3 is 0 Å². The number of halogens is 1. The van der Waals surface area contributed by atoms with E-state index in [1.54, 1.807) is 16.6 Å². The average molecular weight is 376 g/mol. The van der Waals surface area contributed by atoms with E-state index >= 15 is 0 Å². The highest BCUT2D eigenvalue weighted by molar-refractivity contribution is 6.32. The second-order valence-corrected chi connectivity index (χ2v) is 6.10. The molecule has 2 aromatic heterocycles. The molecule has 1 N–H and O–H groups in total. The molecule has 136 valence electrons. The number of carbonyl (C=O) groups excluding carboxylic acids is 1. The maximum atomic E-state index is 12.4. The summed E-state index contributed by atoms with van der Waals surface area (Å²) in [6, 6.07) is 5.08. The van der Waals surface area contributed by atoms with E-state index < -0.39 is 0 Å². The summed E-state index contributed by atoms with van der Waals surface area (Å²) in [6.45, 7) is 3.79. The van der Waals surface area contributed by atoms with Gasteiger partial charge in [-0.15, -0.1) is 5.10 Å². The minimum absolute atomic E-state index is 0.00402. The second-order valence-electron chi connectivity index (χ2n) is 5.69. The third kappa shape index (κ3) is 3.55. The van der Waals surface area contributed by atoms with Gasteiger partial charge in [-0.05, 0) is 19.9 Å². The standard InChI is InChI=1S/C17H18ClN5O3/c1-9-5-10(2)23-17(19-9)21-15(22-23)8-16(24)20-12-7-13(25-3)11(18)6-14(12)26-4/h5-7H,8H2,1-4H3,(H,20,24). The number of nitrogens with one attached hydrogen (secondary N) is 1. The van der Waals surface area contributed by atoms with E-state index in [1.165, 1.54) is 14.2 Å². The number of benzene rings is 1. The van der Waals surface area contributed by atoms with E-state index in [4.69, 9.17) is 21.1 Å². The zero-order chi connectivity index (χ0) is 18.8. The molecule has 0 bridgehead atoms. The van der Waals surface area contributed by atoms with Gasteiger partial charge in [0.2, 0.25) is 5.91 Å². The lowest BCUT2D eigenvalue weighted by atomic mass is 10.2. The maximum absolute atomic E-state index is 12.4.